The predicted molar refractivity (Wildman–Crippen MR) is 112 cm³/mol. The zero-order chi connectivity index (χ0) is 19.7. The Morgan fingerprint density at radius 3 is 2.71 bits per heavy atom. The van der Waals surface area contributed by atoms with Crippen molar-refractivity contribution in [3.05, 3.63) is 77.9 Å². The van der Waals surface area contributed by atoms with Crippen molar-refractivity contribution >= 4 is 16.8 Å². The Hall–Kier alpha value is -3.34. The Kier molecular flexibility index (Phi) is 4.74. The van der Waals surface area contributed by atoms with E-state index in [0.717, 1.165) is 22.3 Å². The van der Waals surface area contributed by atoms with E-state index in [2.05, 4.69) is 53.4 Å². The second-order valence-electron chi connectivity index (χ2n) is 7.24. The largest absolute Gasteiger partial charge is 0.354 e. The number of nitrogens with zero attached hydrogens (tertiary/aromatic N) is 2. The third kappa shape index (κ3) is 3.31. The zero-order valence-electron chi connectivity index (χ0n) is 16.4. The number of hydrogen-bond donors (Lipinski definition) is 2. The van der Waals surface area contributed by atoms with E-state index in [1.54, 1.807) is 23.3 Å². The maximum absolute atomic E-state index is 12.6. The quantitative estimate of drug-likeness (QED) is 0.541. The van der Waals surface area contributed by atoms with Crippen LogP contribution in [0.15, 0.2) is 61.2 Å². The average molecular weight is 372 g/mol. The third-order valence-electron chi connectivity index (χ3n) is 5.26. The summed E-state index contributed by atoms with van der Waals surface area (Å²) < 4.78 is 1.80. The maximum Gasteiger partial charge on any atom is 0.243 e. The molecule has 28 heavy (non-hydrogen) atoms. The molecule has 4 aromatic rings. The topological polar surface area (TPSA) is 62.7 Å². The van der Waals surface area contributed by atoms with Crippen LogP contribution in [-0.4, -0.2) is 20.4 Å². The van der Waals surface area contributed by atoms with Crippen LogP contribution < -0.4 is 5.32 Å². The van der Waals surface area contributed by atoms with Gasteiger partial charge in [0.25, 0.3) is 0 Å². The first-order valence-electron chi connectivity index (χ1n) is 9.47. The van der Waals surface area contributed by atoms with E-state index in [1.807, 2.05) is 25.1 Å². The van der Waals surface area contributed by atoms with Crippen LogP contribution in [0.5, 0.6) is 0 Å². The minimum absolute atomic E-state index is 0.0285. The molecular formula is C23H24N4O. The molecule has 0 aliphatic heterocycles. The summed E-state index contributed by atoms with van der Waals surface area (Å²) in [5, 5.41) is 4.27. The first-order valence-corrected chi connectivity index (χ1v) is 9.47. The number of benzene rings is 2. The number of aromatic amines is 1. The van der Waals surface area contributed by atoms with Gasteiger partial charge in [0, 0.05) is 30.0 Å². The van der Waals surface area contributed by atoms with Crippen molar-refractivity contribution < 1.29 is 4.79 Å². The Bertz CT molecular complexity index is 1110. The highest BCUT2D eigenvalue weighted by molar-refractivity contribution is 5.93. The molecule has 0 radical (unpaired) electrons. The normalized spacial score (nSPS) is 12.2. The SMILES string of the molecule is Cc1cc(CNC(=O)C(C)n2ccnc2)c2[nH]c(-c3ccccc3)c(C)c2c1. The molecule has 4 rings (SSSR count). The number of carbonyl (C=O) groups is 1. The molecule has 5 nitrogen and oxygen atoms in total. The van der Waals surface area contributed by atoms with E-state index in [4.69, 9.17) is 0 Å². The molecule has 0 aliphatic carbocycles. The van der Waals surface area contributed by atoms with Crippen molar-refractivity contribution in [2.75, 3.05) is 0 Å². The lowest BCUT2D eigenvalue weighted by molar-refractivity contribution is -0.124. The van der Waals surface area contributed by atoms with Crippen LogP contribution in [0.25, 0.3) is 22.2 Å². The van der Waals surface area contributed by atoms with Gasteiger partial charge >= 0.3 is 0 Å². The van der Waals surface area contributed by atoms with Crippen molar-refractivity contribution in [3.8, 4) is 11.3 Å². The van der Waals surface area contributed by atoms with E-state index < -0.39 is 0 Å². The monoisotopic (exact) mass is 372 g/mol. The van der Waals surface area contributed by atoms with E-state index in [1.165, 1.54) is 16.5 Å². The molecule has 2 N–H and O–H groups in total. The summed E-state index contributed by atoms with van der Waals surface area (Å²) in [7, 11) is 0. The minimum Gasteiger partial charge on any atom is -0.354 e. The number of hydrogen-bond acceptors (Lipinski definition) is 2. The lowest BCUT2D eigenvalue weighted by Gasteiger charge is -2.14. The lowest BCUT2D eigenvalue weighted by Crippen LogP contribution is -2.30. The molecule has 2 heterocycles. The van der Waals surface area contributed by atoms with Crippen LogP contribution in [0.3, 0.4) is 0 Å². The van der Waals surface area contributed by atoms with Gasteiger partial charge < -0.3 is 14.9 Å². The van der Waals surface area contributed by atoms with Gasteiger partial charge in [0.2, 0.25) is 5.91 Å². The molecule has 1 unspecified atom stereocenters. The molecule has 5 heteroatoms. The molecule has 0 fully saturated rings. The summed E-state index contributed by atoms with van der Waals surface area (Å²) in [5.41, 5.74) is 6.87. The maximum atomic E-state index is 12.6. The van der Waals surface area contributed by atoms with Gasteiger partial charge in [-0.3, -0.25) is 4.79 Å². The number of amides is 1. The van der Waals surface area contributed by atoms with Crippen LogP contribution >= 0.6 is 0 Å². The highest BCUT2D eigenvalue weighted by Gasteiger charge is 2.16. The summed E-state index contributed by atoms with van der Waals surface area (Å²) in [6, 6.07) is 14.4. The zero-order valence-corrected chi connectivity index (χ0v) is 16.4. The molecule has 0 saturated heterocycles. The first-order chi connectivity index (χ1) is 13.5. The van der Waals surface area contributed by atoms with E-state index in [9.17, 15) is 4.79 Å². The number of nitrogens with one attached hydrogen (secondary N) is 2. The first kappa shape index (κ1) is 18.0. The Morgan fingerprint density at radius 2 is 2.00 bits per heavy atom. The summed E-state index contributed by atoms with van der Waals surface area (Å²) in [4.78, 5) is 20.2. The van der Waals surface area contributed by atoms with E-state index in [-0.39, 0.29) is 11.9 Å². The molecule has 0 bridgehead atoms. The van der Waals surface area contributed by atoms with Crippen LogP contribution in [-0.2, 0) is 11.3 Å². The van der Waals surface area contributed by atoms with Crippen LogP contribution in [0.2, 0.25) is 0 Å². The summed E-state index contributed by atoms with van der Waals surface area (Å²) >= 11 is 0. The Balaban J connectivity index is 1.65. The van der Waals surface area contributed by atoms with Crippen LogP contribution in [0.1, 0.15) is 29.7 Å². The van der Waals surface area contributed by atoms with Crippen LogP contribution in [0.4, 0.5) is 0 Å². The molecule has 1 atom stereocenters. The number of aryl methyl sites for hydroxylation is 2. The van der Waals surface area contributed by atoms with Gasteiger partial charge in [0.1, 0.15) is 6.04 Å². The predicted octanol–water partition coefficient (Wildman–Crippen LogP) is 4.53. The van der Waals surface area contributed by atoms with Crippen molar-refractivity contribution in [3.63, 3.8) is 0 Å². The fraction of sp³-hybridized carbons (Fsp3) is 0.217. The van der Waals surface area contributed by atoms with Crippen molar-refractivity contribution in [2.24, 2.45) is 0 Å². The molecule has 142 valence electrons. The number of rotatable bonds is 5. The lowest BCUT2D eigenvalue weighted by atomic mass is 10.0. The number of imidazole rings is 1. The number of aromatic nitrogens is 3. The average Bonchev–Trinajstić information content (AvgIpc) is 3.35. The molecule has 2 aromatic heterocycles. The number of H-pyrrole nitrogens is 1. The van der Waals surface area contributed by atoms with Crippen molar-refractivity contribution in [1.82, 2.24) is 19.9 Å². The van der Waals surface area contributed by atoms with E-state index in [0.29, 0.717) is 6.54 Å². The Morgan fingerprint density at radius 1 is 1.21 bits per heavy atom. The van der Waals surface area contributed by atoms with Gasteiger partial charge in [-0.05, 0) is 43.5 Å². The highest BCUT2D eigenvalue weighted by atomic mass is 16.2. The van der Waals surface area contributed by atoms with Gasteiger partial charge in [-0.2, -0.15) is 0 Å². The highest BCUT2D eigenvalue weighted by Crippen LogP contribution is 2.32. The molecule has 1 amide bonds. The van der Waals surface area contributed by atoms with Crippen LogP contribution in [0, 0.1) is 13.8 Å². The minimum atomic E-state index is -0.298. The second-order valence-corrected chi connectivity index (χ2v) is 7.24. The van der Waals surface area contributed by atoms with E-state index >= 15 is 0 Å². The standard InChI is InChI=1S/C23H24N4O/c1-15-11-19(13-25-23(28)17(3)27-10-9-24-14-27)22-20(12-15)16(2)21(26-22)18-7-5-4-6-8-18/h4-12,14,17,26H,13H2,1-3H3,(H,25,28). The van der Waals surface area contributed by atoms with Gasteiger partial charge in [-0.25, -0.2) is 4.98 Å². The number of carbonyl (C=O) groups excluding carboxylic acids is 1. The van der Waals surface area contributed by atoms with Gasteiger partial charge in [0.05, 0.1) is 11.8 Å². The van der Waals surface area contributed by atoms with Gasteiger partial charge in [-0.15, -0.1) is 0 Å². The summed E-state index contributed by atoms with van der Waals surface area (Å²) in [6.07, 6.45) is 5.14. The third-order valence-corrected chi connectivity index (χ3v) is 5.26. The fourth-order valence-electron chi connectivity index (χ4n) is 3.66. The fourth-order valence-corrected chi connectivity index (χ4v) is 3.66. The molecule has 0 saturated carbocycles. The molecule has 0 spiro atoms. The second kappa shape index (κ2) is 7.35. The van der Waals surface area contributed by atoms with Crippen molar-refractivity contribution in [2.45, 2.75) is 33.4 Å². The molecule has 0 aliphatic rings. The van der Waals surface area contributed by atoms with Crippen molar-refractivity contribution in [1.29, 1.82) is 0 Å². The molecular weight excluding hydrogens is 348 g/mol. The number of fused-ring (bicyclic) bond motifs is 1. The smallest absolute Gasteiger partial charge is 0.243 e. The van der Waals surface area contributed by atoms with Gasteiger partial charge in [-0.1, -0.05) is 42.0 Å². The summed E-state index contributed by atoms with van der Waals surface area (Å²) in [6.45, 7) is 6.58. The van der Waals surface area contributed by atoms with Gasteiger partial charge in [0.15, 0.2) is 0 Å². The molecule has 2 aromatic carbocycles. The Labute approximate surface area is 164 Å². The summed E-state index contributed by atoms with van der Waals surface area (Å²) in [5.74, 6) is -0.0285.